The summed E-state index contributed by atoms with van der Waals surface area (Å²) in [4.78, 5) is 11.4. The molecule has 3 fully saturated rings. The molecule has 0 saturated heterocycles. The number of allylic oxidation sites excluding steroid dienone is 4. The second kappa shape index (κ2) is 5.68. The van der Waals surface area contributed by atoms with Crippen LogP contribution in [0.5, 0.6) is 0 Å². The summed E-state index contributed by atoms with van der Waals surface area (Å²) in [6, 6.07) is 0. The normalized spacial score (nSPS) is 52.7. The topological polar surface area (TPSA) is 77.8 Å². The second-order valence-corrected chi connectivity index (χ2v) is 9.84. The zero-order chi connectivity index (χ0) is 18.9. The first-order valence-corrected chi connectivity index (χ1v) is 10.1. The van der Waals surface area contributed by atoms with Crippen molar-refractivity contribution in [2.75, 3.05) is 0 Å². The predicted molar refractivity (Wildman–Crippen MR) is 99.4 cm³/mol. The summed E-state index contributed by atoms with van der Waals surface area (Å²) in [5, 5.41) is 31.9. The number of hydrogen-bond acceptors (Lipinski definition) is 3. The maximum Gasteiger partial charge on any atom is 0.306 e. The molecule has 0 amide bonds. The van der Waals surface area contributed by atoms with Crippen molar-refractivity contribution < 1.29 is 20.1 Å². The average molecular weight is 360 g/mol. The van der Waals surface area contributed by atoms with Crippen molar-refractivity contribution in [2.24, 2.45) is 34.5 Å². The molecule has 0 radical (unpaired) electrons. The van der Waals surface area contributed by atoms with Gasteiger partial charge in [-0.05, 0) is 49.9 Å². The van der Waals surface area contributed by atoms with Crippen molar-refractivity contribution in [2.45, 2.75) is 71.0 Å². The minimum atomic E-state index is -1.21. The van der Waals surface area contributed by atoms with E-state index in [4.69, 9.17) is 0 Å². The van der Waals surface area contributed by atoms with Gasteiger partial charge in [0.1, 0.15) is 0 Å². The Kier molecular flexibility index (Phi) is 3.99. The van der Waals surface area contributed by atoms with E-state index in [2.05, 4.69) is 32.1 Å². The Morgan fingerprint density at radius 3 is 2.77 bits per heavy atom. The van der Waals surface area contributed by atoms with Crippen LogP contribution in [-0.4, -0.2) is 33.0 Å². The van der Waals surface area contributed by atoms with Gasteiger partial charge < -0.3 is 15.3 Å². The third kappa shape index (κ3) is 2.24. The van der Waals surface area contributed by atoms with E-state index in [1.807, 2.05) is 6.92 Å². The standard InChI is InChI=1S/C22H32O4/c1-13-10-14-16-7-9-22(26,12-18(24)25)21(16,3)11-17(23)19(14)20(2)8-5-4-6-15(13)20/h5-6,8,13-14,16-17,19,23,26H,4,7,9-12H2,1-3H3,(H,24,25)/t13?,14-,16-,17?,19+,20-,21-,22-/m0/s1. The third-order valence-corrected chi connectivity index (χ3v) is 8.63. The Labute approximate surface area is 156 Å². The maximum atomic E-state index is 11.4. The van der Waals surface area contributed by atoms with Crippen LogP contribution in [0.25, 0.3) is 0 Å². The molecule has 144 valence electrons. The summed E-state index contributed by atoms with van der Waals surface area (Å²) in [6.07, 6.45) is 10.0. The summed E-state index contributed by atoms with van der Waals surface area (Å²) in [5.41, 5.74) is -0.392. The van der Waals surface area contributed by atoms with Crippen LogP contribution in [0.15, 0.2) is 23.8 Å². The molecule has 4 rings (SSSR count). The Bertz CT molecular complexity index is 682. The highest BCUT2D eigenvalue weighted by molar-refractivity contribution is 5.68. The molecule has 0 aromatic heterocycles. The largest absolute Gasteiger partial charge is 0.481 e. The molecule has 8 atom stereocenters. The van der Waals surface area contributed by atoms with Gasteiger partial charge in [0.15, 0.2) is 0 Å². The fourth-order valence-electron chi connectivity index (χ4n) is 7.56. The lowest BCUT2D eigenvalue weighted by atomic mass is 9.45. The highest BCUT2D eigenvalue weighted by Gasteiger charge is 2.66. The molecule has 0 aliphatic heterocycles. The van der Waals surface area contributed by atoms with Gasteiger partial charge in [-0.15, -0.1) is 0 Å². The van der Waals surface area contributed by atoms with Gasteiger partial charge in [0.05, 0.1) is 18.1 Å². The first kappa shape index (κ1) is 18.2. The van der Waals surface area contributed by atoms with Crippen molar-refractivity contribution in [1.82, 2.24) is 0 Å². The summed E-state index contributed by atoms with van der Waals surface area (Å²) < 4.78 is 0. The van der Waals surface area contributed by atoms with Crippen molar-refractivity contribution in [3.8, 4) is 0 Å². The number of carbonyl (C=O) groups is 1. The van der Waals surface area contributed by atoms with Gasteiger partial charge in [-0.2, -0.15) is 0 Å². The van der Waals surface area contributed by atoms with E-state index in [-0.39, 0.29) is 23.7 Å². The van der Waals surface area contributed by atoms with Crippen LogP contribution < -0.4 is 0 Å². The summed E-state index contributed by atoms with van der Waals surface area (Å²) >= 11 is 0. The van der Waals surface area contributed by atoms with Crippen LogP contribution in [0.3, 0.4) is 0 Å². The molecule has 0 spiro atoms. The van der Waals surface area contributed by atoms with Gasteiger partial charge in [0.2, 0.25) is 0 Å². The number of aliphatic hydroxyl groups excluding tert-OH is 1. The number of carboxylic acid groups (broad SMARTS) is 1. The van der Waals surface area contributed by atoms with Gasteiger partial charge in [0, 0.05) is 16.7 Å². The Morgan fingerprint density at radius 1 is 1.35 bits per heavy atom. The van der Waals surface area contributed by atoms with Gasteiger partial charge in [-0.3, -0.25) is 4.79 Å². The van der Waals surface area contributed by atoms with Crippen LogP contribution >= 0.6 is 0 Å². The monoisotopic (exact) mass is 360 g/mol. The van der Waals surface area contributed by atoms with Gasteiger partial charge in [-0.25, -0.2) is 0 Å². The van der Waals surface area contributed by atoms with Gasteiger partial charge >= 0.3 is 5.97 Å². The number of rotatable bonds is 2. The highest BCUT2D eigenvalue weighted by Crippen LogP contribution is 2.68. The van der Waals surface area contributed by atoms with E-state index in [0.717, 1.165) is 19.3 Å². The minimum Gasteiger partial charge on any atom is -0.481 e. The van der Waals surface area contributed by atoms with Crippen LogP contribution in [0.1, 0.15) is 59.3 Å². The molecule has 3 saturated carbocycles. The van der Waals surface area contributed by atoms with E-state index in [0.29, 0.717) is 24.7 Å². The van der Waals surface area contributed by atoms with Crippen molar-refractivity contribution in [1.29, 1.82) is 0 Å². The van der Waals surface area contributed by atoms with E-state index >= 15 is 0 Å². The molecule has 2 unspecified atom stereocenters. The van der Waals surface area contributed by atoms with E-state index < -0.39 is 23.1 Å². The van der Waals surface area contributed by atoms with Crippen LogP contribution in [0.2, 0.25) is 0 Å². The fraction of sp³-hybridized carbons (Fsp3) is 0.773. The Morgan fingerprint density at radius 2 is 2.08 bits per heavy atom. The fourth-order valence-corrected chi connectivity index (χ4v) is 7.56. The lowest BCUT2D eigenvalue weighted by molar-refractivity contribution is -0.177. The molecule has 0 bridgehead atoms. The number of aliphatic carboxylic acids is 1. The van der Waals surface area contributed by atoms with Crippen molar-refractivity contribution in [3.63, 3.8) is 0 Å². The molecule has 0 aromatic rings. The molecule has 4 aliphatic rings. The van der Waals surface area contributed by atoms with E-state index in [9.17, 15) is 20.1 Å². The number of fused-ring (bicyclic) bond motifs is 5. The van der Waals surface area contributed by atoms with Crippen LogP contribution in [-0.2, 0) is 4.79 Å². The number of aliphatic hydroxyl groups is 2. The molecular formula is C22H32O4. The predicted octanol–water partition coefficient (Wildman–Crippen LogP) is 3.54. The molecule has 0 heterocycles. The SMILES string of the molecule is CC1C[C@@H]2[C@H](C(O)C[C@@]3(C)[C@H]2CC[C@]3(O)CC(=O)O)[C@@]2(C)C=CCC=C12. The zero-order valence-electron chi connectivity index (χ0n) is 16.1. The van der Waals surface area contributed by atoms with Crippen molar-refractivity contribution >= 4 is 5.97 Å². The first-order valence-electron chi connectivity index (χ1n) is 10.1. The maximum absolute atomic E-state index is 11.4. The molecule has 4 aliphatic carbocycles. The molecule has 3 N–H and O–H groups in total. The van der Waals surface area contributed by atoms with Crippen LogP contribution in [0.4, 0.5) is 0 Å². The summed E-state index contributed by atoms with van der Waals surface area (Å²) in [6.45, 7) is 6.59. The quantitative estimate of drug-likeness (QED) is 0.658. The molecule has 0 aromatic carbocycles. The number of hydrogen-bond donors (Lipinski definition) is 3. The second-order valence-electron chi connectivity index (χ2n) is 9.84. The van der Waals surface area contributed by atoms with Crippen molar-refractivity contribution in [3.05, 3.63) is 23.8 Å². The van der Waals surface area contributed by atoms with E-state index in [1.165, 1.54) is 5.57 Å². The van der Waals surface area contributed by atoms with E-state index in [1.54, 1.807) is 0 Å². The Hall–Kier alpha value is -1.13. The molecule has 26 heavy (non-hydrogen) atoms. The lowest BCUT2D eigenvalue weighted by Crippen LogP contribution is -2.60. The average Bonchev–Trinajstić information content (AvgIpc) is 2.77. The highest BCUT2D eigenvalue weighted by atomic mass is 16.4. The minimum absolute atomic E-state index is 0.116. The lowest BCUT2D eigenvalue weighted by Gasteiger charge is -2.61. The Balaban J connectivity index is 1.75. The molecular weight excluding hydrogens is 328 g/mol. The smallest absolute Gasteiger partial charge is 0.306 e. The van der Waals surface area contributed by atoms with Gasteiger partial charge in [0.25, 0.3) is 0 Å². The number of carboxylic acids is 1. The first-order chi connectivity index (χ1) is 12.1. The summed E-state index contributed by atoms with van der Waals surface area (Å²) in [5.74, 6) is 0.277. The van der Waals surface area contributed by atoms with Crippen LogP contribution in [0, 0.1) is 34.5 Å². The third-order valence-electron chi connectivity index (χ3n) is 8.63. The molecule has 4 nitrogen and oxygen atoms in total. The zero-order valence-corrected chi connectivity index (χ0v) is 16.1. The summed E-state index contributed by atoms with van der Waals surface area (Å²) in [7, 11) is 0. The van der Waals surface area contributed by atoms with Gasteiger partial charge in [-0.1, -0.05) is 44.6 Å². The molecule has 4 heteroatoms.